The van der Waals surface area contributed by atoms with Gasteiger partial charge in [0.1, 0.15) is 18.1 Å². The number of nitrogens with zero attached hydrogens (tertiary/aromatic N) is 2. The molecule has 1 unspecified atom stereocenters. The molecule has 5 rings (SSSR count). The quantitative estimate of drug-likeness (QED) is 0.125. The molecule has 0 aromatic heterocycles. The van der Waals surface area contributed by atoms with E-state index in [9.17, 15) is 14.7 Å². The van der Waals surface area contributed by atoms with Crippen LogP contribution < -0.4 is 14.5 Å². The van der Waals surface area contributed by atoms with E-state index in [1.807, 2.05) is 61.5 Å². The standard InChI is InChI=1S/C35H33ClN2O4/c1-4-37(5-2)28-17-14-25(15-18-28)32-31(34(40)35(41)38(32)29-13-9-12-27(36)21-29)33(39)26-16-19-30(23(3)20-26)42-22-24-10-7-6-8-11-24/h6-21,32,39H,4-5,22H2,1-3H3/b33-31+. The summed E-state index contributed by atoms with van der Waals surface area (Å²) in [5, 5.41) is 12.0. The summed E-state index contributed by atoms with van der Waals surface area (Å²) in [7, 11) is 0. The Morgan fingerprint density at radius 2 is 1.62 bits per heavy atom. The summed E-state index contributed by atoms with van der Waals surface area (Å²) in [6, 6.07) is 28.8. The second kappa shape index (κ2) is 12.5. The topological polar surface area (TPSA) is 70.1 Å². The zero-order valence-electron chi connectivity index (χ0n) is 23.9. The normalized spacial score (nSPS) is 16.1. The van der Waals surface area contributed by atoms with Gasteiger partial charge in [-0.15, -0.1) is 0 Å². The van der Waals surface area contributed by atoms with Gasteiger partial charge in [0.05, 0.1) is 11.6 Å². The maximum atomic E-state index is 13.6. The summed E-state index contributed by atoms with van der Waals surface area (Å²) in [6.45, 7) is 8.16. The van der Waals surface area contributed by atoms with Gasteiger partial charge in [-0.2, -0.15) is 0 Å². The molecule has 6 nitrogen and oxygen atoms in total. The second-order valence-electron chi connectivity index (χ2n) is 10.2. The molecule has 0 aliphatic carbocycles. The van der Waals surface area contributed by atoms with Crippen LogP contribution >= 0.6 is 11.6 Å². The fourth-order valence-corrected chi connectivity index (χ4v) is 5.53. The summed E-state index contributed by atoms with van der Waals surface area (Å²) in [6.07, 6.45) is 0. The Balaban J connectivity index is 1.56. The smallest absolute Gasteiger partial charge is 0.300 e. The third kappa shape index (κ3) is 5.76. The SMILES string of the molecule is CCN(CC)c1ccc(C2/C(=C(\O)c3ccc(OCc4ccccc4)c(C)c3)C(=O)C(=O)N2c2cccc(Cl)c2)cc1. The van der Waals surface area contributed by atoms with Crippen LogP contribution in [0.25, 0.3) is 5.76 Å². The van der Waals surface area contributed by atoms with Gasteiger partial charge in [0.15, 0.2) is 0 Å². The Morgan fingerprint density at radius 1 is 0.905 bits per heavy atom. The monoisotopic (exact) mass is 580 g/mol. The lowest BCUT2D eigenvalue weighted by atomic mass is 9.94. The molecule has 0 spiro atoms. The van der Waals surface area contributed by atoms with Gasteiger partial charge in [-0.05, 0) is 86.0 Å². The molecule has 0 bridgehead atoms. The lowest BCUT2D eigenvalue weighted by molar-refractivity contribution is -0.132. The molecule has 4 aromatic carbocycles. The molecule has 1 saturated heterocycles. The number of ketones is 1. The van der Waals surface area contributed by atoms with E-state index in [0.717, 1.165) is 29.9 Å². The number of aryl methyl sites for hydroxylation is 1. The molecule has 214 valence electrons. The highest BCUT2D eigenvalue weighted by molar-refractivity contribution is 6.51. The number of aliphatic hydroxyl groups is 1. The van der Waals surface area contributed by atoms with Crippen LogP contribution in [0.3, 0.4) is 0 Å². The predicted molar refractivity (Wildman–Crippen MR) is 168 cm³/mol. The van der Waals surface area contributed by atoms with E-state index in [2.05, 4.69) is 18.7 Å². The number of anilines is 2. The number of ether oxygens (including phenoxy) is 1. The first-order chi connectivity index (χ1) is 20.3. The highest BCUT2D eigenvalue weighted by atomic mass is 35.5. The minimum atomic E-state index is -0.844. The first-order valence-corrected chi connectivity index (χ1v) is 14.4. The van der Waals surface area contributed by atoms with Crippen LogP contribution in [0.5, 0.6) is 5.75 Å². The van der Waals surface area contributed by atoms with Crippen molar-refractivity contribution in [2.24, 2.45) is 0 Å². The van der Waals surface area contributed by atoms with E-state index >= 15 is 0 Å². The van der Waals surface area contributed by atoms with Gasteiger partial charge in [0.25, 0.3) is 11.7 Å². The number of hydrogen-bond donors (Lipinski definition) is 1. The van der Waals surface area contributed by atoms with Crippen LogP contribution in [0.15, 0.2) is 103 Å². The molecule has 42 heavy (non-hydrogen) atoms. The lowest BCUT2D eigenvalue weighted by Crippen LogP contribution is -2.29. The van der Waals surface area contributed by atoms with Crippen LogP contribution in [-0.2, 0) is 16.2 Å². The van der Waals surface area contributed by atoms with Crippen molar-refractivity contribution in [1.29, 1.82) is 0 Å². The summed E-state index contributed by atoms with van der Waals surface area (Å²) in [5.41, 5.74) is 4.48. The molecule has 7 heteroatoms. The minimum Gasteiger partial charge on any atom is -0.507 e. The van der Waals surface area contributed by atoms with Crippen molar-refractivity contribution in [1.82, 2.24) is 0 Å². The number of Topliss-reactive ketones (excluding diaryl/α,β-unsaturated/α-hetero) is 1. The van der Waals surface area contributed by atoms with Crippen LogP contribution in [0.2, 0.25) is 5.02 Å². The molecule has 4 aromatic rings. The molecule has 1 atom stereocenters. The first kappa shape index (κ1) is 29.0. The maximum Gasteiger partial charge on any atom is 0.300 e. The van der Waals surface area contributed by atoms with E-state index < -0.39 is 17.7 Å². The Labute approximate surface area is 251 Å². The zero-order chi connectivity index (χ0) is 29.8. The van der Waals surface area contributed by atoms with Gasteiger partial charge in [0, 0.05) is 35.1 Å². The molecular weight excluding hydrogens is 548 g/mol. The molecular formula is C35H33ClN2O4. The van der Waals surface area contributed by atoms with Gasteiger partial charge in [0.2, 0.25) is 0 Å². The summed E-state index contributed by atoms with van der Waals surface area (Å²) >= 11 is 6.28. The van der Waals surface area contributed by atoms with Crippen LogP contribution in [0.4, 0.5) is 11.4 Å². The molecule has 1 N–H and O–H groups in total. The van der Waals surface area contributed by atoms with Crippen molar-refractivity contribution < 1.29 is 19.4 Å². The van der Waals surface area contributed by atoms with E-state index in [1.165, 1.54) is 4.90 Å². The molecule has 1 aliphatic rings. The van der Waals surface area contributed by atoms with Gasteiger partial charge in [-0.1, -0.05) is 60.1 Å². The number of rotatable bonds is 9. The minimum absolute atomic E-state index is 0.0212. The highest BCUT2D eigenvalue weighted by Crippen LogP contribution is 2.43. The largest absolute Gasteiger partial charge is 0.507 e. The number of carbonyl (C=O) groups is 2. The van der Waals surface area contributed by atoms with E-state index in [-0.39, 0.29) is 11.3 Å². The fraction of sp³-hybridized carbons (Fsp3) is 0.200. The summed E-state index contributed by atoms with van der Waals surface area (Å²) in [4.78, 5) is 30.7. The number of aliphatic hydroxyl groups excluding tert-OH is 1. The van der Waals surface area contributed by atoms with Gasteiger partial charge in [-0.3, -0.25) is 14.5 Å². The molecule has 1 heterocycles. The molecule has 1 aliphatic heterocycles. The Kier molecular flexibility index (Phi) is 8.64. The van der Waals surface area contributed by atoms with Crippen molar-refractivity contribution in [2.75, 3.05) is 22.9 Å². The number of halogens is 1. The van der Waals surface area contributed by atoms with Crippen molar-refractivity contribution >= 4 is 40.4 Å². The number of benzene rings is 4. The van der Waals surface area contributed by atoms with Gasteiger partial charge in [-0.25, -0.2) is 0 Å². The molecule has 0 radical (unpaired) electrons. The molecule has 0 saturated carbocycles. The Hall–Kier alpha value is -4.55. The summed E-state index contributed by atoms with van der Waals surface area (Å²) in [5.74, 6) is -1.06. The number of amides is 1. The van der Waals surface area contributed by atoms with E-state index in [4.69, 9.17) is 16.3 Å². The zero-order valence-corrected chi connectivity index (χ0v) is 24.6. The molecule has 1 fully saturated rings. The molecule has 1 amide bonds. The van der Waals surface area contributed by atoms with Crippen molar-refractivity contribution in [3.05, 3.63) is 130 Å². The number of hydrogen-bond acceptors (Lipinski definition) is 5. The average molecular weight is 581 g/mol. The van der Waals surface area contributed by atoms with Gasteiger partial charge < -0.3 is 14.7 Å². The average Bonchev–Trinajstić information content (AvgIpc) is 3.27. The number of carbonyl (C=O) groups excluding carboxylic acids is 2. The van der Waals surface area contributed by atoms with Crippen molar-refractivity contribution in [3.8, 4) is 5.75 Å². The van der Waals surface area contributed by atoms with Crippen LogP contribution in [0, 0.1) is 6.92 Å². The van der Waals surface area contributed by atoms with E-state index in [0.29, 0.717) is 34.2 Å². The van der Waals surface area contributed by atoms with Crippen LogP contribution in [0.1, 0.15) is 42.1 Å². The lowest BCUT2D eigenvalue weighted by Gasteiger charge is -2.27. The maximum absolute atomic E-state index is 13.6. The predicted octanol–water partition coefficient (Wildman–Crippen LogP) is 7.70. The summed E-state index contributed by atoms with van der Waals surface area (Å²) < 4.78 is 6.00. The Morgan fingerprint density at radius 3 is 2.26 bits per heavy atom. The van der Waals surface area contributed by atoms with E-state index in [1.54, 1.807) is 42.5 Å². The third-order valence-corrected chi connectivity index (χ3v) is 7.79. The van der Waals surface area contributed by atoms with Crippen molar-refractivity contribution in [3.63, 3.8) is 0 Å². The first-order valence-electron chi connectivity index (χ1n) is 14.0. The van der Waals surface area contributed by atoms with Crippen molar-refractivity contribution in [2.45, 2.75) is 33.4 Å². The highest BCUT2D eigenvalue weighted by Gasteiger charge is 2.47. The fourth-order valence-electron chi connectivity index (χ4n) is 5.35. The van der Waals surface area contributed by atoms with Gasteiger partial charge >= 0.3 is 0 Å². The second-order valence-corrected chi connectivity index (χ2v) is 10.6. The third-order valence-electron chi connectivity index (χ3n) is 7.55. The Bertz CT molecular complexity index is 1630. The van der Waals surface area contributed by atoms with Crippen LogP contribution in [-0.4, -0.2) is 29.9 Å².